The average Bonchev–Trinajstić information content (AvgIpc) is 3.09. The van der Waals surface area contributed by atoms with Crippen molar-refractivity contribution in [2.45, 2.75) is 12.6 Å². The van der Waals surface area contributed by atoms with Crippen LogP contribution in [0.15, 0.2) is 78.4 Å². The zero-order chi connectivity index (χ0) is 23.5. The van der Waals surface area contributed by atoms with Crippen molar-refractivity contribution in [2.24, 2.45) is 0 Å². The molecule has 0 radical (unpaired) electrons. The van der Waals surface area contributed by atoms with Gasteiger partial charge < -0.3 is 19.5 Å². The first-order valence-corrected chi connectivity index (χ1v) is 10.6. The van der Waals surface area contributed by atoms with Crippen molar-refractivity contribution in [1.82, 2.24) is 4.90 Å². The predicted octanol–water partition coefficient (Wildman–Crippen LogP) is 4.98. The number of Topliss-reactive ketones (excluding diaryl/α,β-unsaturated/α-hetero) is 1. The molecule has 1 saturated heterocycles. The third kappa shape index (κ3) is 4.17. The number of aliphatic hydroxyl groups excluding tert-OH is 1. The fraction of sp³-hybridized carbons (Fsp3) is 0.154. The summed E-state index contributed by atoms with van der Waals surface area (Å²) in [6.45, 7) is 0.122. The van der Waals surface area contributed by atoms with Crippen molar-refractivity contribution in [3.8, 4) is 11.5 Å². The van der Waals surface area contributed by atoms with Crippen LogP contribution in [0.4, 0.5) is 0 Å². The fourth-order valence-electron chi connectivity index (χ4n) is 4.00. The lowest BCUT2D eigenvalue weighted by atomic mass is 9.95. The lowest BCUT2D eigenvalue weighted by molar-refractivity contribution is -0.140. The van der Waals surface area contributed by atoms with E-state index in [0.717, 1.165) is 5.56 Å². The number of likely N-dealkylation sites (tertiary alicyclic amines) is 1. The molecular formula is C26H22ClNO5. The standard InChI is InChI=1S/C26H22ClNO5/c1-32-18-12-13-20(27)19(14-18)24(29)22-23(16-8-4-3-5-9-16)28(26(31)25(22)30)15-17-10-6-7-11-21(17)33-2/h3-14,23,29H,15H2,1-2H3/b24-22+. The molecule has 33 heavy (non-hydrogen) atoms. The van der Waals surface area contributed by atoms with Crippen LogP contribution in [0, 0.1) is 0 Å². The van der Waals surface area contributed by atoms with Gasteiger partial charge in [-0.1, -0.05) is 60.1 Å². The van der Waals surface area contributed by atoms with Crippen LogP contribution in [0.25, 0.3) is 5.76 Å². The molecule has 1 N–H and O–H groups in total. The number of ether oxygens (including phenoxy) is 2. The number of ketones is 1. The summed E-state index contributed by atoms with van der Waals surface area (Å²) in [4.78, 5) is 27.8. The molecular weight excluding hydrogens is 442 g/mol. The summed E-state index contributed by atoms with van der Waals surface area (Å²) in [5, 5.41) is 11.5. The number of amides is 1. The number of methoxy groups -OCH3 is 2. The van der Waals surface area contributed by atoms with Gasteiger partial charge in [-0.15, -0.1) is 0 Å². The Labute approximate surface area is 196 Å². The second-order valence-corrected chi connectivity index (χ2v) is 7.90. The van der Waals surface area contributed by atoms with Gasteiger partial charge >= 0.3 is 0 Å². The minimum Gasteiger partial charge on any atom is -0.507 e. The molecule has 1 fully saturated rings. The van der Waals surface area contributed by atoms with Gasteiger partial charge in [-0.25, -0.2) is 0 Å². The SMILES string of the molecule is COc1ccc(Cl)c(/C(O)=C2\C(=O)C(=O)N(Cc3ccccc3OC)C2c2ccccc2)c1. The Bertz CT molecular complexity index is 1240. The highest BCUT2D eigenvalue weighted by Gasteiger charge is 2.46. The van der Waals surface area contributed by atoms with Crippen molar-refractivity contribution >= 4 is 29.1 Å². The molecule has 1 aliphatic heterocycles. The molecule has 1 heterocycles. The maximum Gasteiger partial charge on any atom is 0.295 e. The van der Waals surface area contributed by atoms with Crippen LogP contribution in [-0.4, -0.2) is 35.9 Å². The summed E-state index contributed by atoms with van der Waals surface area (Å²) in [5.41, 5.74) is 1.61. The van der Waals surface area contributed by atoms with Gasteiger partial charge in [0.05, 0.1) is 37.4 Å². The van der Waals surface area contributed by atoms with Crippen LogP contribution in [0.2, 0.25) is 5.02 Å². The molecule has 1 amide bonds. The van der Waals surface area contributed by atoms with Gasteiger partial charge in [-0.3, -0.25) is 9.59 Å². The van der Waals surface area contributed by atoms with E-state index in [-0.39, 0.29) is 28.5 Å². The van der Waals surface area contributed by atoms with E-state index >= 15 is 0 Å². The number of hydrogen-bond donors (Lipinski definition) is 1. The van der Waals surface area contributed by atoms with Crippen molar-refractivity contribution < 1.29 is 24.2 Å². The molecule has 1 unspecified atom stereocenters. The molecule has 6 nitrogen and oxygen atoms in total. The van der Waals surface area contributed by atoms with Gasteiger partial charge in [-0.2, -0.15) is 0 Å². The van der Waals surface area contributed by atoms with E-state index in [2.05, 4.69) is 0 Å². The third-order valence-electron chi connectivity index (χ3n) is 5.62. The smallest absolute Gasteiger partial charge is 0.295 e. The van der Waals surface area contributed by atoms with Gasteiger partial charge in [0, 0.05) is 11.1 Å². The van der Waals surface area contributed by atoms with Gasteiger partial charge in [0.2, 0.25) is 0 Å². The number of benzene rings is 3. The minimum absolute atomic E-state index is 0.0312. The Hall–Kier alpha value is -3.77. The maximum atomic E-state index is 13.2. The maximum absolute atomic E-state index is 13.2. The molecule has 0 spiro atoms. The number of nitrogens with zero attached hydrogens (tertiary/aromatic N) is 1. The van der Waals surface area contributed by atoms with E-state index in [4.69, 9.17) is 21.1 Å². The van der Waals surface area contributed by atoms with Gasteiger partial charge in [0.15, 0.2) is 0 Å². The number of para-hydroxylation sites is 1. The summed E-state index contributed by atoms with van der Waals surface area (Å²) < 4.78 is 10.7. The zero-order valence-electron chi connectivity index (χ0n) is 18.1. The van der Waals surface area contributed by atoms with E-state index in [1.165, 1.54) is 18.1 Å². The number of halogens is 1. The fourth-order valence-corrected chi connectivity index (χ4v) is 4.21. The molecule has 3 aromatic rings. The molecule has 1 aliphatic rings. The summed E-state index contributed by atoms with van der Waals surface area (Å²) in [7, 11) is 3.04. The van der Waals surface area contributed by atoms with Gasteiger partial charge in [0.1, 0.15) is 17.3 Å². The van der Waals surface area contributed by atoms with Crippen LogP contribution in [0.5, 0.6) is 11.5 Å². The number of rotatable bonds is 6. The zero-order valence-corrected chi connectivity index (χ0v) is 18.9. The summed E-state index contributed by atoms with van der Waals surface area (Å²) in [6, 6.07) is 20.3. The molecule has 7 heteroatoms. The van der Waals surface area contributed by atoms with Gasteiger partial charge in [0.25, 0.3) is 11.7 Å². The molecule has 3 aromatic carbocycles. The molecule has 0 bridgehead atoms. The molecule has 0 aliphatic carbocycles. The first kappa shape index (κ1) is 22.4. The van der Waals surface area contributed by atoms with E-state index in [1.54, 1.807) is 25.3 Å². The molecule has 0 aromatic heterocycles. The first-order chi connectivity index (χ1) is 16.0. The molecule has 4 rings (SSSR count). The quantitative estimate of drug-likeness (QED) is 0.317. The highest BCUT2D eigenvalue weighted by molar-refractivity contribution is 6.47. The lowest BCUT2D eigenvalue weighted by Crippen LogP contribution is -2.29. The van der Waals surface area contributed by atoms with Crippen LogP contribution < -0.4 is 9.47 Å². The summed E-state index contributed by atoms with van der Waals surface area (Å²) in [6.07, 6.45) is 0. The molecule has 0 saturated carbocycles. The lowest BCUT2D eigenvalue weighted by Gasteiger charge is -2.26. The normalized spacial score (nSPS) is 17.3. The van der Waals surface area contributed by atoms with Crippen LogP contribution in [0.1, 0.15) is 22.7 Å². The number of carbonyl (C=O) groups is 2. The Kier molecular flexibility index (Phi) is 6.38. The topological polar surface area (TPSA) is 76.1 Å². The van der Waals surface area contributed by atoms with E-state index in [0.29, 0.717) is 17.1 Å². The second kappa shape index (κ2) is 9.38. The summed E-state index contributed by atoms with van der Waals surface area (Å²) >= 11 is 6.33. The van der Waals surface area contributed by atoms with Crippen LogP contribution in [0.3, 0.4) is 0 Å². The summed E-state index contributed by atoms with van der Waals surface area (Å²) in [5.74, 6) is -0.790. The third-order valence-corrected chi connectivity index (χ3v) is 5.95. The predicted molar refractivity (Wildman–Crippen MR) is 125 cm³/mol. The Balaban J connectivity index is 1.89. The minimum atomic E-state index is -0.807. The van der Waals surface area contributed by atoms with Gasteiger partial charge in [-0.05, 0) is 29.8 Å². The van der Waals surface area contributed by atoms with E-state index < -0.39 is 17.7 Å². The van der Waals surface area contributed by atoms with E-state index in [1.807, 2.05) is 48.5 Å². The van der Waals surface area contributed by atoms with Crippen molar-refractivity contribution in [1.29, 1.82) is 0 Å². The van der Waals surface area contributed by atoms with Crippen LogP contribution in [-0.2, 0) is 16.1 Å². The molecule has 1 atom stereocenters. The second-order valence-electron chi connectivity index (χ2n) is 7.50. The monoisotopic (exact) mass is 463 g/mol. The molecule has 168 valence electrons. The average molecular weight is 464 g/mol. The highest BCUT2D eigenvalue weighted by Crippen LogP contribution is 2.42. The highest BCUT2D eigenvalue weighted by atomic mass is 35.5. The van der Waals surface area contributed by atoms with Crippen LogP contribution >= 0.6 is 11.6 Å². The number of hydrogen-bond acceptors (Lipinski definition) is 5. The Morgan fingerprint density at radius 2 is 1.67 bits per heavy atom. The Morgan fingerprint density at radius 3 is 2.36 bits per heavy atom. The number of aliphatic hydroxyl groups is 1. The van der Waals surface area contributed by atoms with Crippen molar-refractivity contribution in [3.05, 3.63) is 100 Å². The van der Waals surface area contributed by atoms with E-state index in [9.17, 15) is 14.7 Å². The largest absolute Gasteiger partial charge is 0.507 e. The number of carbonyl (C=O) groups excluding carboxylic acids is 2. The van der Waals surface area contributed by atoms with Crippen molar-refractivity contribution in [3.63, 3.8) is 0 Å². The Morgan fingerprint density at radius 1 is 0.970 bits per heavy atom. The first-order valence-electron chi connectivity index (χ1n) is 10.3. The van der Waals surface area contributed by atoms with Crippen molar-refractivity contribution in [2.75, 3.05) is 14.2 Å².